The van der Waals surface area contributed by atoms with Gasteiger partial charge in [-0.15, -0.1) is 0 Å². The third-order valence-electron chi connectivity index (χ3n) is 4.65. The highest BCUT2D eigenvalue weighted by molar-refractivity contribution is 5.95. The number of rotatable bonds is 7. The molecule has 2 heterocycles. The van der Waals surface area contributed by atoms with E-state index < -0.39 is 0 Å². The summed E-state index contributed by atoms with van der Waals surface area (Å²) in [7, 11) is 4.02. The highest BCUT2D eigenvalue weighted by atomic mass is 16.5. The van der Waals surface area contributed by atoms with Crippen molar-refractivity contribution in [2.24, 2.45) is 0 Å². The third kappa shape index (κ3) is 5.24. The summed E-state index contributed by atoms with van der Waals surface area (Å²) < 4.78 is 5.74. The quantitative estimate of drug-likeness (QED) is 0.802. The van der Waals surface area contributed by atoms with Crippen LogP contribution in [0.4, 0.5) is 5.82 Å². The lowest BCUT2D eigenvalue weighted by molar-refractivity contribution is 0.0512. The average molecular weight is 369 g/mol. The Morgan fingerprint density at radius 2 is 2.11 bits per heavy atom. The van der Waals surface area contributed by atoms with Gasteiger partial charge in [0.25, 0.3) is 5.91 Å². The van der Waals surface area contributed by atoms with Crippen LogP contribution in [0.3, 0.4) is 0 Å². The molecular weight excluding hydrogens is 342 g/mol. The molecule has 1 aromatic heterocycles. The van der Waals surface area contributed by atoms with Gasteiger partial charge in [0, 0.05) is 43.4 Å². The van der Waals surface area contributed by atoms with Crippen LogP contribution in [-0.2, 0) is 4.74 Å². The third-order valence-corrected chi connectivity index (χ3v) is 4.65. The summed E-state index contributed by atoms with van der Waals surface area (Å²) in [6.45, 7) is 2.87. The molecule has 1 saturated heterocycles. The number of aromatic nitrogens is 2. The van der Waals surface area contributed by atoms with E-state index in [2.05, 4.69) is 14.9 Å². The average Bonchev–Trinajstić information content (AvgIpc) is 3.18. The van der Waals surface area contributed by atoms with Crippen LogP contribution in [0.15, 0.2) is 36.7 Å². The van der Waals surface area contributed by atoms with Crippen molar-refractivity contribution in [3.05, 3.63) is 42.2 Å². The van der Waals surface area contributed by atoms with Gasteiger partial charge in [0.1, 0.15) is 12.1 Å². The molecule has 1 aliphatic rings. The Morgan fingerprint density at radius 3 is 2.81 bits per heavy atom. The van der Waals surface area contributed by atoms with Crippen molar-refractivity contribution < 1.29 is 9.53 Å². The monoisotopic (exact) mass is 369 g/mol. The van der Waals surface area contributed by atoms with Gasteiger partial charge in [0.05, 0.1) is 11.8 Å². The minimum absolute atomic E-state index is 0.0104. The Balaban J connectivity index is 1.80. The maximum atomic E-state index is 13.2. The predicted molar refractivity (Wildman–Crippen MR) is 105 cm³/mol. The molecule has 1 fully saturated rings. The molecule has 1 aromatic carbocycles. The van der Waals surface area contributed by atoms with Crippen LogP contribution in [0.5, 0.6) is 0 Å². The second kappa shape index (κ2) is 8.92. The second-order valence-electron chi connectivity index (χ2n) is 7.10. The molecule has 0 bridgehead atoms. The number of hydrogen-bond acceptors (Lipinski definition) is 6. The largest absolute Gasteiger partial charge is 0.384 e. The molecule has 0 unspecified atom stereocenters. The number of amides is 1. The van der Waals surface area contributed by atoms with Gasteiger partial charge in [-0.1, -0.05) is 12.1 Å². The van der Waals surface area contributed by atoms with Crippen molar-refractivity contribution in [2.75, 3.05) is 46.1 Å². The van der Waals surface area contributed by atoms with Crippen molar-refractivity contribution >= 4 is 11.7 Å². The van der Waals surface area contributed by atoms with E-state index in [0.717, 1.165) is 31.6 Å². The summed E-state index contributed by atoms with van der Waals surface area (Å²) in [6.07, 6.45) is 3.62. The van der Waals surface area contributed by atoms with Crippen LogP contribution >= 0.6 is 0 Å². The fourth-order valence-electron chi connectivity index (χ4n) is 3.15. The Hall–Kier alpha value is -2.51. The van der Waals surface area contributed by atoms with Crippen LogP contribution < -0.4 is 5.73 Å². The van der Waals surface area contributed by atoms with E-state index in [9.17, 15) is 4.79 Å². The summed E-state index contributed by atoms with van der Waals surface area (Å²) in [5.74, 6) is 0.416. The summed E-state index contributed by atoms with van der Waals surface area (Å²) >= 11 is 0. The number of ether oxygens (including phenoxy) is 1. The molecule has 1 aliphatic heterocycles. The van der Waals surface area contributed by atoms with Gasteiger partial charge in [-0.05, 0) is 39.1 Å². The molecular formula is C20H27N5O2. The number of nitrogens with two attached hydrogens (primary N) is 1. The number of nitrogens with zero attached hydrogens (tertiary/aromatic N) is 4. The molecule has 1 atom stereocenters. The van der Waals surface area contributed by atoms with Crippen molar-refractivity contribution in [3.8, 4) is 11.3 Å². The summed E-state index contributed by atoms with van der Waals surface area (Å²) in [4.78, 5) is 25.3. The van der Waals surface area contributed by atoms with Gasteiger partial charge < -0.3 is 20.3 Å². The van der Waals surface area contributed by atoms with Gasteiger partial charge >= 0.3 is 0 Å². The zero-order valence-electron chi connectivity index (χ0n) is 16.0. The molecule has 3 rings (SSSR count). The molecule has 2 N–H and O–H groups in total. The first kappa shape index (κ1) is 19.3. The van der Waals surface area contributed by atoms with E-state index in [-0.39, 0.29) is 12.0 Å². The Bertz CT molecular complexity index is 774. The molecule has 0 aliphatic carbocycles. The van der Waals surface area contributed by atoms with Crippen LogP contribution in [0, 0.1) is 0 Å². The highest BCUT2D eigenvalue weighted by Crippen LogP contribution is 2.21. The van der Waals surface area contributed by atoms with Gasteiger partial charge in [0.2, 0.25) is 0 Å². The predicted octanol–water partition coefficient (Wildman–Crippen LogP) is 1.91. The van der Waals surface area contributed by atoms with Crippen molar-refractivity contribution in [3.63, 3.8) is 0 Å². The number of hydrogen-bond donors (Lipinski definition) is 1. The lowest BCUT2D eigenvalue weighted by Crippen LogP contribution is -2.41. The first-order chi connectivity index (χ1) is 13.0. The molecule has 0 radical (unpaired) electrons. The van der Waals surface area contributed by atoms with E-state index in [1.807, 2.05) is 43.3 Å². The number of anilines is 1. The first-order valence-corrected chi connectivity index (χ1v) is 9.26. The molecule has 7 heteroatoms. The van der Waals surface area contributed by atoms with Gasteiger partial charge in [0.15, 0.2) is 0 Å². The van der Waals surface area contributed by atoms with Crippen LogP contribution in [0.2, 0.25) is 0 Å². The van der Waals surface area contributed by atoms with E-state index in [0.29, 0.717) is 30.2 Å². The highest BCUT2D eigenvalue weighted by Gasteiger charge is 2.23. The molecule has 0 spiro atoms. The maximum absolute atomic E-state index is 13.2. The first-order valence-electron chi connectivity index (χ1n) is 9.26. The van der Waals surface area contributed by atoms with E-state index in [1.54, 1.807) is 6.07 Å². The number of carbonyl (C=O) groups excluding carboxylic acids is 1. The van der Waals surface area contributed by atoms with Crippen LogP contribution in [0.1, 0.15) is 23.2 Å². The SMILES string of the molecule is CN(C)CCN(C[C@H]1CCCO1)C(=O)c1cccc(-c2cc(N)ncn2)c1. The molecule has 0 saturated carbocycles. The normalized spacial score (nSPS) is 16.6. The number of nitrogen functional groups attached to an aromatic ring is 1. The van der Waals surface area contributed by atoms with Crippen molar-refractivity contribution in [1.29, 1.82) is 0 Å². The zero-order chi connectivity index (χ0) is 19.2. The molecule has 7 nitrogen and oxygen atoms in total. The molecule has 1 amide bonds. The summed E-state index contributed by atoms with van der Waals surface area (Å²) in [5.41, 5.74) is 7.95. The minimum Gasteiger partial charge on any atom is -0.384 e. The van der Waals surface area contributed by atoms with Gasteiger partial charge in [-0.2, -0.15) is 0 Å². The molecule has 2 aromatic rings. The number of likely N-dealkylation sites (N-methyl/N-ethyl adjacent to an activating group) is 1. The molecule has 144 valence electrons. The van der Waals surface area contributed by atoms with Gasteiger partial charge in [-0.3, -0.25) is 4.79 Å². The summed E-state index contributed by atoms with van der Waals surface area (Å²) in [5, 5.41) is 0. The lowest BCUT2D eigenvalue weighted by atomic mass is 10.1. The smallest absolute Gasteiger partial charge is 0.254 e. The zero-order valence-corrected chi connectivity index (χ0v) is 16.0. The van der Waals surface area contributed by atoms with Crippen molar-refractivity contribution in [2.45, 2.75) is 18.9 Å². The number of benzene rings is 1. The van der Waals surface area contributed by atoms with E-state index in [1.165, 1.54) is 6.33 Å². The van der Waals surface area contributed by atoms with Crippen LogP contribution in [-0.4, -0.2) is 72.1 Å². The maximum Gasteiger partial charge on any atom is 0.254 e. The van der Waals surface area contributed by atoms with Gasteiger partial charge in [-0.25, -0.2) is 9.97 Å². The Labute approximate surface area is 160 Å². The topological polar surface area (TPSA) is 84.6 Å². The molecule has 27 heavy (non-hydrogen) atoms. The van der Waals surface area contributed by atoms with Crippen LogP contribution in [0.25, 0.3) is 11.3 Å². The Morgan fingerprint density at radius 1 is 1.26 bits per heavy atom. The van der Waals surface area contributed by atoms with E-state index >= 15 is 0 Å². The number of carbonyl (C=O) groups is 1. The standard InChI is InChI=1S/C20H27N5O2/c1-24(2)8-9-25(13-17-7-4-10-27-17)20(26)16-6-3-5-15(11-16)18-12-19(21)23-14-22-18/h3,5-6,11-12,14,17H,4,7-10,13H2,1-2H3,(H2,21,22,23)/t17-/m1/s1. The summed E-state index contributed by atoms with van der Waals surface area (Å²) in [6, 6.07) is 9.20. The fraction of sp³-hybridized carbons (Fsp3) is 0.450. The Kier molecular flexibility index (Phi) is 6.36. The fourth-order valence-corrected chi connectivity index (χ4v) is 3.15. The second-order valence-corrected chi connectivity index (χ2v) is 7.10. The lowest BCUT2D eigenvalue weighted by Gasteiger charge is -2.27. The van der Waals surface area contributed by atoms with E-state index in [4.69, 9.17) is 10.5 Å². The van der Waals surface area contributed by atoms with Crippen molar-refractivity contribution in [1.82, 2.24) is 19.8 Å². The minimum atomic E-state index is 0.0104.